The number of hydrogen-bond acceptors (Lipinski definition) is 4. The third kappa shape index (κ3) is 6.45. The molecule has 1 unspecified atom stereocenters. The molecule has 2 aromatic rings. The molecular formula is C23H31Cl2N3O3S. The Morgan fingerprint density at radius 2 is 1.75 bits per heavy atom. The lowest BCUT2D eigenvalue weighted by Crippen LogP contribution is -2.42. The van der Waals surface area contributed by atoms with Crippen LogP contribution in [0.4, 0.5) is 5.69 Å². The number of carbonyl (C=O) groups is 1. The molecule has 6 nitrogen and oxygen atoms in total. The van der Waals surface area contributed by atoms with Crippen molar-refractivity contribution in [3.05, 3.63) is 58.1 Å². The summed E-state index contributed by atoms with van der Waals surface area (Å²) >= 11 is 5.96. The zero-order valence-electron chi connectivity index (χ0n) is 18.8. The number of nitrogens with zero attached hydrogens (tertiary/aromatic N) is 1. The van der Waals surface area contributed by atoms with Crippen molar-refractivity contribution in [1.29, 1.82) is 0 Å². The average Bonchev–Trinajstić information content (AvgIpc) is 2.69. The molecule has 176 valence electrons. The molecule has 0 spiro atoms. The number of sulfonamides is 1. The molecule has 1 heterocycles. The van der Waals surface area contributed by atoms with Crippen LogP contribution in [0.5, 0.6) is 0 Å². The lowest BCUT2D eigenvalue weighted by Gasteiger charge is -2.32. The SMILES string of the molecule is Cc1cc(S(=O)(=O)NC(C)C2CCN(C)CC2)ccc1NC(=O)c1ccc(Cl)cc1C.Cl. The maximum atomic E-state index is 12.9. The predicted octanol–water partition coefficient (Wildman–Crippen LogP) is 4.64. The van der Waals surface area contributed by atoms with Crippen LogP contribution in [0.3, 0.4) is 0 Å². The quantitative estimate of drug-likeness (QED) is 0.606. The van der Waals surface area contributed by atoms with Crippen molar-refractivity contribution in [3.63, 3.8) is 0 Å². The molecule has 2 aromatic carbocycles. The Hall–Kier alpha value is -1.64. The van der Waals surface area contributed by atoms with Gasteiger partial charge in [0.1, 0.15) is 0 Å². The highest BCUT2D eigenvalue weighted by atomic mass is 35.5. The highest BCUT2D eigenvalue weighted by Crippen LogP contribution is 2.24. The van der Waals surface area contributed by atoms with Crippen molar-refractivity contribution < 1.29 is 13.2 Å². The van der Waals surface area contributed by atoms with Crippen molar-refractivity contribution in [3.8, 4) is 0 Å². The molecule has 3 rings (SSSR count). The molecular weight excluding hydrogens is 469 g/mol. The van der Waals surface area contributed by atoms with Crippen LogP contribution < -0.4 is 10.0 Å². The fourth-order valence-corrected chi connectivity index (χ4v) is 5.58. The van der Waals surface area contributed by atoms with Gasteiger partial charge in [-0.25, -0.2) is 13.1 Å². The largest absolute Gasteiger partial charge is 0.322 e. The Bertz CT molecular complexity index is 1070. The van der Waals surface area contributed by atoms with E-state index in [1.165, 1.54) is 6.07 Å². The lowest BCUT2D eigenvalue weighted by molar-refractivity contribution is 0.102. The highest BCUT2D eigenvalue weighted by molar-refractivity contribution is 7.89. The number of likely N-dealkylation sites (tertiary alicyclic amines) is 1. The van der Waals surface area contributed by atoms with E-state index in [4.69, 9.17) is 11.6 Å². The maximum absolute atomic E-state index is 12.9. The minimum Gasteiger partial charge on any atom is -0.322 e. The molecule has 1 fully saturated rings. The summed E-state index contributed by atoms with van der Waals surface area (Å²) in [7, 11) is -1.56. The number of aryl methyl sites for hydroxylation is 2. The molecule has 0 saturated carbocycles. The van der Waals surface area contributed by atoms with E-state index in [1.54, 1.807) is 37.3 Å². The lowest BCUT2D eigenvalue weighted by atomic mass is 9.91. The van der Waals surface area contributed by atoms with Crippen LogP contribution in [0.25, 0.3) is 0 Å². The van der Waals surface area contributed by atoms with E-state index in [1.807, 2.05) is 13.8 Å². The van der Waals surface area contributed by atoms with E-state index in [2.05, 4.69) is 22.0 Å². The van der Waals surface area contributed by atoms with Crippen molar-refractivity contribution in [1.82, 2.24) is 9.62 Å². The molecule has 32 heavy (non-hydrogen) atoms. The number of piperidine rings is 1. The van der Waals surface area contributed by atoms with Gasteiger partial charge < -0.3 is 10.2 Å². The predicted molar refractivity (Wildman–Crippen MR) is 133 cm³/mol. The number of anilines is 1. The van der Waals surface area contributed by atoms with Crippen LogP contribution in [0.2, 0.25) is 5.02 Å². The Kier molecular flexibility index (Phi) is 9.14. The summed E-state index contributed by atoms with van der Waals surface area (Å²) in [4.78, 5) is 15.1. The standard InChI is InChI=1S/C23H30ClN3O3S.ClH/c1-15-13-19(24)5-7-21(15)23(28)25-22-8-6-20(14-16(22)2)31(29,30)26-17(3)18-9-11-27(4)12-10-18;/h5-8,13-14,17-18,26H,9-12H2,1-4H3,(H,25,28);1H. The van der Waals surface area contributed by atoms with E-state index in [0.29, 0.717) is 27.8 Å². The molecule has 9 heteroatoms. The van der Waals surface area contributed by atoms with E-state index in [0.717, 1.165) is 31.5 Å². The third-order valence-electron chi connectivity index (χ3n) is 6.00. The molecule has 0 radical (unpaired) electrons. The minimum atomic E-state index is -3.64. The summed E-state index contributed by atoms with van der Waals surface area (Å²) in [5.74, 6) is 0.0649. The molecule has 1 amide bonds. The minimum absolute atomic E-state index is 0. The number of amides is 1. The van der Waals surface area contributed by atoms with Gasteiger partial charge in [-0.05, 0) is 107 Å². The van der Waals surface area contributed by atoms with E-state index >= 15 is 0 Å². The second kappa shape index (κ2) is 11.0. The first-order valence-corrected chi connectivity index (χ1v) is 12.3. The fourth-order valence-electron chi connectivity index (χ4n) is 3.95. The number of hydrogen-bond donors (Lipinski definition) is 2. The third-order valence-corrected chi connectivity index (χ3v) is 7.79. The normalized spacial score (nSPS) is 16.3. The number of carbonyl (C=O) groups excluding carboxylic acids is 1. The number of benzene rings is 2. The summed E-state index contributed by atoms with van der Waals surface area (Å²) in [6, 6.07) is 9.70. The molecule has 1 saturated heterocycles. The van der Waals surface area contributed by atoms with Gasteiger partial charge in [0.15, 0.2) is 0 Å². The van der Waals surface area contributed by atoms with Crippen LogP contribution in [0.1, 0.15) is 41.3 Å². The Morgan fingerprint density at radius 1 is 1.09 bits per heavy atom. The summed E-state index contributed by atoms with van der Waals surface area (Å²) in [6.45, 7) is 7.50. The Morgan fingerprint density at radius 3 is 2.34 bits per heavy atom. The van der Waals surface area contributed by atoms with Crippen LogP contribution in [-0.2, 0) is 10.0 Å². The number of nitrogens with one attached hydrogen (secondary N) is 2. The molecule has 1 aliphatic heterocycles. The topological polar surface area (TPSA) is 78.5 Å². The Balaban J connectivity index is 0.00000363. The van der Waals surface area contributed by atoms with Crippen LogP contribution in [0.15, 0.2) is 41.3 Å². The molecule has 1 atom stereocenters. The van der Waals surface area contributed by atoms with E-state index < -0.39 is 10.0 Å². The Labute approximate surface area is 202 Å². The second-order valence-corrected chi connectivity index (χ2v) is 10.6. The summed E-state index contributed by atoms with van der Waals surface area (Å²) in [6.07, 6.45) is 1.96. The zero-order valence-corrected chi connectivity index (χ0v) is 21.2. The second-order valence-electron chi connectivity index (χ2n) is 8.44. The van der Waals surface area contributed by atoms with Gasteiger partial charge in [0, 0.05) is 22.3 Å². The van der Waals surface area contributed by atoms with E-state index in [9.17, 15) is 13.2 Å². The first-order chi connectivity index (χ1) is 14.6. The molecule has 0 bridgehead atoms. The van der Waals surface area contributed by atoms with Crippen LogP contribution >= 0.6 is 24.0 Å². The zero-order chi connectivity index (χ0) is 22.8. The van der Waals surface area contributed by atoms with Gasteiger partial charge in [-0.3, -0.25) is 4.79 Å². The van der Waals surface area contributed by atoms with Crippen LogP contribution in [0, 0.1) is 19.8 Å². The maximum Gasteiger partial charge on any atom is 0.255 e. The van der Waals surface area contributed by atoms with Crippen molar-refractivity contribution in [2.75, 3.05) is 25.5 Å². The van der Waals surface area contributed by atoms with Crippen LogP contribution in [-0.4, -0.2) is 45.4 Å². The van der Waals surface area contributed by atoms with Gasteiger partial charge in [0.25, 0.3) is 5.91 Å². The van der Waals surface area contributed by atoms with Crippen molar-refractivity contribution >= 4 is 45.6 Å². The first kappa shape index (κ1) is 26.6. The van der Waals surface area contributed by atoms with Gasteiger partial charge in [0.05, 0.1) is 4.90 Å². The van der Waals surface area contributed by atoms with E-state index in [-0.39, 0.29) is 29.3 Å². The molecule has 1 aliphatic rings. The van der Waals surface area contributed by atoms with Gasteiger partial charge in [-0.1, -0.05) is 11.6 Å². The smallest absolute Gasteiger partial charge is 0.255 e. The highest BCUT2D eigenvalue weighted by Gasteiger charge is 2.26. The fraction of sp³-hybridized carbons (Fsp3) is 0.435. The van der Waals surface area contributed by atoms with Gasteiger partial charge in [-0.2, -0.15) is 0 Å². The number of rotatable bonds is 6. The molecule has 2 N–H and O–H groups in total. The van der Waals surface area contributed by atoms with Crippen molar-refractivity contribution in [2.45, 2.75) is 44.6 Å². The van der Waals surface area contributed by atoms with Gasteiger partial charge in [0.2, 0.25) is 10.0 Å². The summed E-state index contributed by atoms with van der Waals surface area (Å²) < 4.78 is 28.7. The average molecular weight is 500 g/mol. The molecule has 0 aromatic heterocycles. The first-order valence-electron chi connectivity index (χ1n) is 10.5. The number of halogens is 2. The molecule has 0 aliphatic carbocycles. The summed E-state index contributed by atoms with van der Waals surface area (Å²) in [5.41, 5.74) is 2.54. The van der Waals surface area contributed by atoms with Crippen molar-refractivity contribution in [2.24, 2.45) is 5.92 Å². The van der Waals surface area contributed by atoms with Gasteiger partial charge in [-0.15, -0.1) is 12.4 Å². The summed E-state index contributed by atoms with van der Waals surface area (Å²) in [5, 5.41) is 3.43. The monoisotopic (exact) mass is 499 g/mol. The van der Waals surface area contributed by atoms with Gasteiger partial charge >= 0.3 is 0 Å².